The number of benzene rings is 1. The van der Waals surface area contributed by atoms with Crippen LogP contribution in [0.1, 0.15) is 37.8 Å². The second kappa shape index (κ2) is 9.34. The fourth-order valence-corrected chi connectivity index (χ4v) is 1.33. The first-order chi connectivity index (χ1) is 7.70. The molecule has 1 nitrogen and oxygen atoms in total. The van der Waals surface area contributed by atoms with Gasteiger partial charge in [0.25, 0.3) is 0 Å². The van der Waals surface area contributed by atoms with Gasteiger partial charge in [-0.3, -0.25) is 0 Å². The molecular formula is C14H24FN. The lowest BCUT2D eigenvalue weighted by Gasteiger charge is -1.96. The largest absolute Gasteiger partial charge is 0.317 e. The van der Waals surface area contributed by atoms with Gasteiger partial charge in [-0.15, -0.1) is 0 Å². The summed E-state index contributed by atoms with van der Waals surface area (Å²) in [6, 6.07) is 4.79. The lowest BCUT2D eigenvalue weighted by molar-refractivity contribution is 0.626. The van der Waals surface area contributed by atoms with E-state index in [2.05, 4.69) is 5.32 Å². The van der Waals surface area contributed by atoms with Crippen LogP contribution in [0.3, 0.4) is 0 Å². The molecule has 92 valence electrons. The third-order valence-corrected chi connectivity index (χ3v) is 2.43. The van der Waals surface area contributed by atoms with Crippen molar-refractivity contribution >= 4 is 0 Å². The lowest BCUT2D eigenvalue weighted by atomic mass is 10.1. The zero-order valence-corrected chi connectivity index (χ0v) is 10.9. The molecule has 0 aliphatic carbocycles. The molecule has 1 fully saturated rings. The van der Waals surface area contributed by atoms with Gasteiger partial charge in [-0.1, -0.05) is 19.9 Å². The van der Waals surface area contributed by atoms with Crippen molar-refractivity contribution < 1.29 is 4.39 Å². The molecule has 2 heteroatoms. The quantitative estimate of drug-likeness (QED) is 0.707. The number of halogens is 1. The molecule has 1 saturated heterocycles. The Morgan fingerprint density at radius 1 is 1.00 bits per heavy atom. The average Bonchev–Trinajstić information content (AvgIpc) is 2.85. The van der Waals surface area contributed by atoms with Crippen LogP contribution in [0.4, 0.5) is 4.39 Å². The summed E-state index contributed by atoms with van der Waals surface area (Å²) in [5, 5.41) is 3.22. The number of nitrogens with one attached hydrogen (secondary N) is 1. The Hall–Kier alpha value is -0.890. The Labute approximate surface area is 99.1 Å². The Morgan fingerprint density at radius 2 is 1.56 bits per heavy atom. The molecule has 0 spiro atoms. The normalized spacial score (nSPS) is 13.3. The minimum Gasteiger partial charge on any atom is -0.317 e. The summed E-state index contributed by atoms with van der Waals surface area (Å²) in [7, 11) is 0. The minimum absolute atomic E-state index is 0.155. The molecule has 2 rings (SSSR count). The first-order valence-electron chi connectivity index (χ1n) is 6.13. The summed E-state index contributed by atoms with van der Waals surface area (Å²) >= 11 is 0. The Morgan fingerprint density at radius 3 is 1.88 bits per heavy atom. The van der Waals surface area contributed by atoms with Gasteiger partial charge in [0.15, 0.2) is 0 Å². The molecule has 1 aliphatic heterocycles. The maximum atomic E-state index is 12.3. The van der Waals surface area contributed by atoms with Crippen molar-refractivity contribution in [2.45, 2.75) is 40.5 Å². The molecule has 1 aromatic carbocycles. The van der Waals surface area contributed by atoms with Gasteiger partial charge in [0.2, 0.25) is 0 Å². The zero-order chi connectivity index (χ0) is 12.4. The number of aryl methyl sites for hydroxylation is 2. The van der Waals surface area contributed by atoms with E-state index in [-0.39, 0.29) is 5.82 Å². The summed E-state index contributed by atoms with van der Waals surface area (Å²) < 4.78 is 12.3. The van der Waals surface area contributed by atoms with Crippen LogP contribution in [0.2, 0.25) is 0 Å². The minimum atomic E-state index is -0.155. The zero-order valence-electron chi connectivity index (χ0n) is 10.9. The van der Waals surface area contributed by atoms with Gasteiger partial charge in [0, 0.05) is 0 Å². The summed E-state index contributed by atoms with van der Waals surface area (Å²) in [6.07, 6.45) is 2.78. The summed E-state index contributed by atoms with van der Waals surface area (Å²) in [5.74, 6) is -0.155. The third kappa shape index (κ3) is 6.57. The second-order valence-corrected chi connectivity index (χ2v) is 3.69. The van der Waals surface area contributed by atoms with Gasteiger partial charge in [-0.05, 0) is 63.0 Å². The van der Waals surface area contributed by atoms with Gasteiger partial charge in [0.05, 0.1) is 0 Å². The molecule has 0 aromatic heterocycles. The van der Waals surface area contributed by atoms with Crippen LogP contribution in [-0.4, -0.2) is 13.1 Å². The van der Waals surface area contributed by atoms with Gasteiger partial charge >= 0.3 is 0 Å². The highest BCUT2D eigenvalue weighted by atomic mass is 19.1. The first kappa shape index (κ1) is 15.1. The molecule has 0 unspecified atom stereocenters. The molecule has 0 bridgehead atoms. The summed E-state index contributed by atoms with van der Waals surface area (Å²) in [6.45, 7) is 10.4. The lowest BCUT2D eigenvalue weighted by Crippen LogP contribution is -2.03. The molecule has 0 amide bonds. The van der Waals surface area contributed by atoms with Crippen LogP contribution in [0.25, 0.3) is 0 Å². The molecule has 1 aromatic rings. The smallest absolute Gasteiger partial charge is 0.123 e. The Kier molecular flexibility index (Phi) is 8.82. The van der Waals surface area contributed by atoms with E-state index in [1.54, 1.807) is 6.07 Å². The van der Waals surface area contributed by atoms with Gasteiger partial charge in [0.1, 0.15) is 5.82 Å². The van der Waals surface area contributed by atoms with Crippen LogP contribution in [0, 0.1) is 19.7 Å². The molecule has 0 radical (unpaired) electrons. The maximum absolute atomic E-state index is 12.3. The van der Waals surface area contributed by atoms with Crippen molar-refractivity contribution in [2.75, 3.05) is 13.1 Å². The molecular weight excluding hydrogens is 201 g/mol. The first-order valence-corrected chi connectivity index (χ1v) is 6.13. The van der Waals surface area contributed by atoms with Crippen LogP contribution < -0.4 is 5.32 Å². The van der Waals surface area contributed by atoms with E-state index in [1.807, 2.05) is 27.7 Å². The van der Waals surface area contributed by atoms with E-state index in [1.165, 1.54) is 38.1 Å². The topological polar surface area (TPSA) is 12.0 Å². The molecule has 0 saturated carbocycles. The van der Waals surface area contributed by atoms with E-state index in [4.69, 9.17) is 0 Å². The van der Waals surface area contributed by atoms with E-state index >= 15 is 0 Å². The molecule has 1 heterocycles. The highest BCUT2D eigenvalue weighted by Crippen LogP contribution is 2.07. The number of hydrogen-bond donors (Lipinski definition) is 1. The third-order valence-electron chi connectivity index (χ3n) is 2.43. The highest BCUT2D eigenvalue weighted by molar-refractivity contribution is 5.24. The second-order valence-electron chi connectivity index (χ2n) is 3.69. The summed E-state index contributed by atoms with van der Waals surface area (Å²) in [4.78, 5) is 0. The number of hydrogen-bond acceptors (Lipinski definition) is 1. The maximum Gasteiger partial charge on any atom is 0.123 e. The highest BCUT2D eigenvalue weighted by Gasteiger charge is 1.93. The fourth-order valence-electron chi connectivity index (χ4n) is 1.33. The Bertz CT molecular complexity index is 272. The van der Waals surface area contributed by atoms with Crippen molar-refractivity contribution in [1.29, 1.82) is 0 Å². The van der Waals surface area contributed by atoms with E-state index < -0.39 is 0 Å². The van der Waals surface area contributed by atoms with Crippen molar-refractivity contribution in [1.82, 2.24) is 5.32 Å². The monoisotopic (exact) mass is 225 g/mol. The molecule has 16 heavy (non-hydrogen) atoms. The standard InChI is InChI=1S/C8H9F.C4H9N.C2H6/c1-6-3-4-8(9)5-7(6)2;1-2-4-5-3-1;1-2/h3-5H,1-2H3;5H,1-4H2;1-2H3. The van der Waals surface area contributed by atoms with Gasteiger partial charge in [-0.2, -0.15) is 0 Å². The predicted octanol–water partition coefficient (Wildman–Crippen LogP) is 3.84. The van der Waals surface area contributed by atoms with E-state index in [0.29, 0.717) is 0 Å². The summed E-state index contributed by atoms with van der Waals surface area (Å²) in [5.41, 5.74) is 2.14. The van der Waals surface area contributed by atoms with Crippen molar-refractivity contribution in [3.8, 4) is 0 Å². The average molecular weight is 225 g/mol. The van der Waals surface area contributed by atoms with Crippen molar-refractivity contribution in [3.05, 3.63) is 35.1 Å². The van der Waals surface area contributed by atoms with Crippen LogP contribution >= 0.6 is 0 Å². The molecule has 1 aliphatic rings. The Balaban J connectivity index is 0.000000272. The molecule has 0 atom stereocenters. The van der Waals surface area contributed by atoms with Crippen molar-refractivity contribution in [2.24, 2.45) is 0 Å². The van der Waals surface area contributed by atoms with Crippen LogP contribution in [0.5, 0.6) is 0 Å². The van der Waals surface area contributed by atoms with E-state index in [0.717, 1.165) is 11.1 Å². The van der Waals surface area contributed by atoms with E-state index in [9.17, 15) is 4.39 Å². The number of rotatable bonds is 0. The van der Waals surface area contributed by atoms with Crippen LogP contribution in [-0.2, 0) is 0 Å². The van der Waals surface area contributed by atoms with Gasteiger partial charge < -0.3 is 5.32 Å². The van der Waals surface area contributed by atoms with Gasteiger partial charge in [-0.25, -0.2) is 4.39 Å². The fraction of sp³-hybridized carbons (Fsp3) is 0.571. The van der Waals surface area contributed by atoms with Crippen molar-refractivity contribution in [3.63, 3.8) is 0 Å². The van der Waals surface area contributed by atoms with Crippen LogP contribution in [0.15, 0.2) is 18.2 Å². The predicted molar refractivity (Wildman–Crippen MR) is 69.3 cm³/mol. The molecule has 1 N–H and O–H groups in total. The SMILES string of the molecule is C1CCNC1.CC.Cc1ccc(F)cc1C.